The molecule has 1 aromatic rings. The number of pyridine rings is 1. The summed E-state index contributed by atoms with van der Waals surface area (Å²) < 4.78 is 24.5. The van der Waals surface area contributed by atoms with E-state index in [4.69, 9.17) is 23.2 Å². The molecule has 4 nitrogen and oxygen atoms in total. The number of nitrogens with one attached hydrogen (secondary N) is 1. The largest absolute Gasteiger partial charge is 0.265 e. The Labute approximate surface area is 106 Å². The van der Waals surface area contributed by atoms with Gasteiger partial charge in [-0.05, 0) is 13.0 Å². The van der Waals surface area contributed by atoms with Gasteiger partial charge in [-0.25, -0.2) is 13.4 Å². The van der Waals surface area contributed by atoms with Gasteiger partial charge in [-0.3, -0.25) is 4.72 Å². The lowest BCUT2D eigenvalue weighted by Crippen LogP contribution is -2.14. The van der Waals surface area contributed by atoms with Gasteiger partial charge in [0.15, 0.2) is 5.82 Å². The van der Waals surface area contributed by atoms with Crippen LogP contribution in [0.5, 0.6) is 0 Å². The van der Waals surface area contributed by atoms with Crippen molar-refractivity contribution in [1.82, 2.24) is 4.98 Å². The van der Waals surface area contributed by atoms with Gasteiger partial charge >= 0.3 is 0 Å². The van der Waals surface area contributed by atoms with Crippen LogP contribution in [0.1, 0.15) is 5.69 Å². The van der Waals surface area contributed by atoms with Crippen molar-refractivity contribution >= 4 is 55.0 Å². The van der Waals surface area contributed by atoms with Crippen molar-refractivity contribution in [3.05, 3.63) is 21.8 Å². The van der Waals surface area contributed by atoms with E-state index in [-0.39, 0.29) is 15.5 Å². The Kier molecular flexibility index (Phi) is 4.22. The number of hydrogen-bond donors (Lipinski definition) is 1. The van der Waals surface area contributed by atoms with E-state index in [9.17, 15) is 8.42 Å². The van der Waals surface area contributed by atoms with Crippen molar-refractivity contribution in [3.8, 4) is 0 Å². The van der Waals surface area contributed by atoms with Crippen LogP contribution in [-0.2, 0) is 10.0 Å². The maximum absolute atomic E-state index is 11.2. The number of aryl methyl sites for hydroxylation is 1. The lowest BCUT2D eigenvalue weighted by atomic mass is 10.4. The van der Waals surface area contributed by atoms with Crippen LogP contribution in [0.4, 0.5) is 5.82 Å². The van der Waals surface area contributed by atoms with E-state index >= 15 is 0 Å². The molecule has 0 spiro atoms. The van der Waals surface area contributed by atoms with Crippen molar-refractivity contribution < 1.29 is 8.42 Å². The summed E-state index contributed by atoms with van der Waals surface area (Å²) in [4.78, 5) is 3.93. The molecule has 0 aliphatic carbocycles. The molecule has 1 heterocycles. The van der Waals surface area contributed by atoms with E-state index in [1.807, 2.05) is 0 Å². The molecule has 0 amide bonds. The van der Waals surface area contributed by atoms with Gasteiger partial charge in [0.05, 0.1) is 15.7 Å². The Balaban J connectivity index is 3.12. The Bertz CT molecular complexity index is 478. The van der Waals surface area contributed by atoms with E-state index in [2.05, 4.69) is 25.6 Å². The molecular formula is C7H7BrCl2N2O2S. The smallest absolute Gasteiger partial charge is 0.243 e. The average molecular weight is 334 g/mol. The second-order valence-electron chi connectivity index (χ2n) is 2.71. The zero-order valence-corrected chi connectivity index (χ0v) is 11.5. The van der Waals surface area contributed by atoms with Gasteiger partial charge in [-0.15, -0.1) is 0 Å². The number of halogens is 3. The zero-order valence-electron chi connectivity index (χ0n) is 7.59. The van der Waals surface area contributed by atoms with Crippen LogP contribution < -0.4 is 4.72 Å². The molecule has 0 aliphatic rings. The third kappa shape index (κ3) is 3.48. The summed E-state index contributed by atoms with van der Waals surface area (Å²) in [6, 6.07) is 1.44. The quantitative estimate of drug-likeness (QED) is 0.865. The Morgan fingerprint density at radius 2 is 2.07 bits per heavy atom. The molecular weight excluding hydrogens is 327 g/mol. The fraction of sp³-hybridized carbons (Fsp3) is 0.286. The van der Waals surface area contributed by atoms with Gasteiger partial charge in [0.25, 0.3) is 0 Å². The molecule has 0 saturated heterocycles. The van der Waals surface area contributed by atoms with Crippen LogP contribution in [0.3, 0.4) is 0 Å². The fourth-order valence-electron chi connectivity index (χ4n) is 0.805. The number of alkyl halides is 1. The van der Waals surface area contributed by atoms with Crippen molar-refractivity contribution in [2.24, 2.45) is 0 Å². The van der Waals surface area contributed by atoms with Crippen molar-refractivity contribution in [1.29, 1.82) is 0 Å². The molecule has 15 heavy (non-hydrogen) atoms. The van der Waals surface area contributed by atoms with Gasteiger partial charge in [-0.2, -0.15) is 0 Å². The highest BCUT2D eigenvalue weighted by Crippen LogP contribution is 2.26. The topological polar surface area (TPSA) is 59.1 Å². The van der Waals surface area contributed by atoms with Crippen LogP contribution in [0.15, 0.2) is 6.07 Å². The van der Waals surface area contributed by atoms with Crippen molar-refractivity contribution in [2.75, 3.05) is 9.38 Å². The molecule has 8 heteroatoms. The highest BCUT2D eigenvalue weighted by Gasteiger charge is 2.13. The predicted molar refractivity (Wildman–Crippen MR) is 65.3 cm³/mol. The van der Waals surface area contributed by atoms with Crippen molar-refractivity contribution in [2.45, 2.75) is 6.92 Å². The van der Waals surface area contributed by atoms with Gasteiger partial charge in [0, 0.05) is 0 Å². The lowest BCUT2D eigenvalue weighted by Gasteiger charge is -2.08. The van der Waals surface area contributed by atoms with Gasteiger partial charge in [-0.1, -0.05) is 39.1 Å². The molecule has 0 fully saturated rings. The second kappa shape index (κ2) is 4.86. The van der Waals surface area contributed by atoms with Crippen LogP contribution in [-0.4, -0.2) is 18.1 Å². The molecule has 0 radical (unpaired) electrons. The molecule has 1 rings (SSSR count). The molecule has 84 valence electrons. The highest BCUT2D eigenvalue weighted by molar-refractivity contribution is 9.10. The molecule has 0 bridgehead atoms. The Morgan fingerprint density at radius 3 is 2.60 bits per heavy atom. The summed E-state index contributed by atoms with van der Waals surface area (Å²) in [6.07, 6.45) is 0. The fourth-order valence-corrected chi connectivity index (χ4v) is 2.11. The predicted octanol–water partition coefficient (Wildman–Crippen LogP) is 2.79. The number of anilines is 1. The number of hydrogen-bond acceptors (Lipinski definition) is 3. The summed E-state index contributed by atoms with van der Waals surface area (Å²) in [5.74, 6) is 0.0815. The van der Waals surface area contributed by atoms with Gasteiger partial charge < -0.3 is 0 Å². The molecule has 0 atom stereocenters. The summed E-state index contributed by atoms with van der Waals surface area (Å²) in [5, 5.41) is 0.553. The van der Waals surface area contributed by atoms with E-state index in [1.54, 1.807) is 6.92 Å². The minimum atomic E-state index is -3.45. The van der Waals surface area contributed by atoms with Gasteiger partial charge in [0.2, 0.25) is 10.0 Å². The maximum atomic E-state index is 11.2. The first-order chi connectivity index (χ1) is 6.85. The lowest BCUT2D eigenvalue weighted by molar-refractivity contribution is 0.606. The molecule has 0 aliphatic heterocycles. The standard InChI is InChI=1S/C7H7BrCl2N2O2S/c1-4-5(9)2-6(10)7(11-4)12-15(13,14)3-8/h2H,3H2,1H3,(H,11,12). The first-order valence-electron chi connectivity index (χ1n) is 3.75. The summed E-state index contributed by atoms with van der Waals surface area (Å²) >= 11 is 14.4. The Hall–Kier alpha value is -0.0400. The Morgan fingerprint density at radius 1 is 1.47 bits per heavy atom. The van der Waals surface area contributed by atoms with E-state index < -0.39 is 10.0 Å². The summed E-state index contributed by atoms with van der Waals surface area (Å²) in [5.41, 5.74) is 0.508. The molecule has 0 unspecified atom stereocenters. The first kappa shape index (κ1) is 13.0. The van der Waals surface area contributed by atoms with E-state index in [0.717, 1.165) is 0 Å². The highest BCUT2D eigenvalue weighted by atomic mass is 79.9. The number of sulfonamides is 1. The third-order valence-corrected chi connectivity index (χ3v) is 4.77. The van der Waals surface area contributed by atoms with Crippen LogP contribution in [0.2, 0.25) is 10.0 Å². The van der Waals surface area contributed by atoms with Crippen LogP contribution >= 0.6 is 39.1 Å². The molecule has 0 aromatic carbocycles. The normalized spacial score (nSPS) is 11.5. The molecule has 1 aromatic heterocycles. The molecule has 1 N–H and O–H groups in total. The van der Waals surface area contributed by atoms with Crippen LogP contribution in [0.25, 0.3) is 0 Å². The third-order valence-electron chi connectivity index (χ3n) is 1.50. The zero-order chi connectivity index (χ0) is 11.6. The minimum Gasteiger partial charge on any atom is -0.265 e. The number of nitrogens with zero attached hydrogens (tertiary/aromatic N) is 1. The van der Waals surface area contributed by atoms with E-state index in [0.29, 0.717) is 10.7 Å². The van der Waals surface area contributed by atoms with Gasteiger partial charge in [0.1, 0.15) is 4.66 Å². The van der Waals surface area contributed by atoms with Crippen LogP contribution in [0, 0.1) is 6.92 Å². The first-order valence-corrected chi connectivity index (χ1v) is 7.28. The maximum Gasteiger partial charge on any atom is 0.243 e. The van der Waals surface area contributed by atoms with E-state index in [1.165, 1.54) is 6.07 Å². The average Bonchev–Trinajstić information content (AvgIpc) is 2.14. The number of aromatic nitrogens is 1. The second-order valence-corrected chi connectivity index (χ2v) is 6.55. The number of rotatable bonds is 3. The SMILES string of the molecule is Cc1nc(NS(=O)(=O)CBr)c(Cl)cc1Cl. The monoisotopic (exact) mass is 332 g/mol. The van der Waals surface area contributed by atoms with Crippen molar-refractivity contribution in [3.63, 3.8) is 0 Å². The molecule has 0 saturated carbocycles. The summed E-state index contributed by atoms with van der Waals surface area (Å²) in [7, 11) is -3.45. The summed E-state index contributed by atoms with van der Waals surface area (Å²) in [6.45, 7) is 1.66. The minimum absolute atomic E-state index is 0.0815.